The summed E-state index contributed by atoms with van der Waals surface area (Å²) in [4.78, 5) is 10.9. The molecular weight excluding hydrogens is 210 g/mol. The molecule has 90 valence electrons. The molecule has 0 atom stereocenters. The quantitative estimate of drug-likeness (QED) is 0.655. The van der Waals surface area contributed by atoms with Crippen molar-refractivity contribution in [2.45, 2.75) is 45.6 Å². The Morgan fingerprint density at radius 2 is 1.93 bits per heavy atom. The lowest BCUT2D eigenvalue weighted by molar-refractivity contribution is 0.0757. The van der Waals surface area contributed by atoms with E-state index in [0.717, 1.165) is 32.4 Å². The number of thioether (sulfide) groups is 1. The third kappa shape index (κ3) is 11.7. The molecule has 0 saturated carbocycles. The highest BCUT2D eigenvalue weighted by molar-refractivity contribution is 8.12. The second kappa shape index (κ2) is 10.3. The van der Waals surface area contributed by atoms with Gasteiger partial charge in [0.25, 0.3) is 5.24 Å². The van der Waals surface area contributed by atoms with Crippen LogP contribution in [-0.2, 0) is 4.74 Å². The first-order chi connectivity index (χ1) is 7.16. The first kappa shape index (κ1) is 14.8. The van der Waals surface area contributed by atoms with Gasteiger partial charge in [-0.3, -0.25) is 4.79 Å². The van der Waals surface area contributed by atoms with Gasteiger partial charge < -0.3 is 10.1 Å². The summed E-state index contributed by atoms with van der Waals surface area (Å²) in [5, 5.41) is 2.90. The van der Waals surface area contributed by atoms with Crippen LogP contribution in [0.5, 0.6) is 0 Å². The number of unbranched alkanes of at least 4 members (excludes halogenated alkanes) is 3. The fraction of sp³-hybridized carbons (Fsp3) is 0.909. The summed E-state index contributed by atoms with van der Waals surface area (Å²) in [5.74, 6) is 0. The van der Waals surface area contributed by atoms with Crippen LogP contribution in [-0.4, -0.2) is 30.8 Å². The molecule has 1 N–H and O–H groups in total. The number of carbonyl (C=O) groups excluding carboxylic acids is 1. The van der Waals surface area contributed by atoms with Gasteiger partial charge >= 0.3 is 0 Å². The molecule has 1 amide bonds. The molecule has 4 heteroatoms. The molecule has 0 rings (SSSR count). The van der Waals surface area contributed by atoms with Gasteiger partial charge in [-0.1, -0.05) is 24.6 Å². The molecule has 0 fully saturated rings. The molecule has 15 heavy (non-hydrogen) atoms. The van der Waals surface area contributed by atoms with Gasteiger partial charge in [-0.05, 0) is 32.9 Å². The lowest BCUT2D eigenvalue weighted by Crippen LogP contribution is -2.19. The zero-order valence-corrected chi connectivity index (χ0v) is 10.9. The van der Waals surface area contributed by atoms with Gasteiger partial charge in [0, 0.05) is 13.2 Å². The summed E-state index contributed by atoms with van der Waals surface area (Å²) < 4.78 is 5.43. The first-order valence-electron chi connectivity index (χ1n) is 5.60. The summed E-state index contributed by atoms with van der Waals surface area (Å²) in [6, 6.07) is 0. The van der Waals surface area contributed by atoms with Crippen LogP contribution >= 0.6 is 11.8 Å². The third-order valence-electron chi connectivity index (χ3n) is 1.98. The van der Waals surface area contributed by atoms with E-state index in [1.165, 1.54) is 18.2 Å². The smallest absolute Gasteiger partial charge is 0.278 e. The molecule has 0 aromatic carbocycles. The van der Waals surface area contributed by atoms with Gasteiger partial charge in [-0.25, -0.2) is 0 Å². The van der Waals surface area contributed by atoms with Crippen molar-refractivity contribution in [3.63, 3.8) is 0 Å². The Labute approximate surface area is 97.3 Å². The lowest BCUT2D eigenvalue weighted by Gasteiger charge is -2.07. The van der Waals surface area contributed by atoms with Gasteiger partial charge in [0.05, 0.1) is 6.10 Å². The molecule has 0 unspecified atom stereocenters. The molecule has 0 aromatic heterocycles. The van der Waals surface area contributed by atoms with Crippen LogP contribution < -0.4 is 5.32 Å². The number of amides is 1. The predicted octanol–water partition coefficient (Wildman–Crippen LogP) is 3.04. The zero-order valence-electron chi connectivity index (χ0n) is 10.0. The Morgan fingerprint density at radius 3 is 2.53 bits per heavy atom. The van der Waals surface area contributed by atoms with Gasteiger partial charge in [-0.2, -0.15) is 0 Å². The highest BCUT2D eigenvalue weighted by atomic mass is 32.2. The average molecular weight is 233 g/mol. The Hall–Kier alpha value is -0.220. The van der Waals surface area contributed by atoms with Crippen LogP contribution in [0.1, 0.15) is 39.5 Å². The number of carbonyl (C=O) groups is 1. The molecule has 0 aliphatic rings. The van der Waals surface area contributed by atoms with Crippen molar-refractivity contribution in [2.75, 3.05) is 19.4 Å². The van der Waals surface area contributed by atoms with E-state index in [0.29, 0.717) is 6.10 Å². The number of hydrogen-bond acceptors (Lipinski definition) is 3. The highest BCUT2D eigenvalue weighted by Gasteiger charge is 1.96. The molecule has 0 bridgehead atoms. The van der Waals surface area contributed by atoms with E-state index in [2.05, 4.69) is 19.2 Å². The van der Waals surface area contributed by atoms with Gasteiger partial charge in [0.15, 0.2) is 0 Å². The fourth-order valence-corrected chi connectivity index (χ4v) is 1.41. The van der Waals surface area contributed by atoms with Crippen LogP contribution in [0.2, 0.25) is 0 Å². The molecule has 3 nitrogen and oxygen atoms in total. The van der Waals surface area contributed by atoms with E-state index in [1.807, 2.05) is 0 Å². The topological polar surface area (TPSA) is 38.3 Å². The lowest BCUT2D eigenvalue weighted by atomic mass is 10.2. The van der Waals surface area contributed by atoms with Crippen molar-refractivity contribution in [1.29, 1.82) is 0 Å². The second-order valence-electron chi connectivity index (χ2n) is 3.75. The molecule has 0 aliphatic carbocycles. The summed E-state index contributed by atoms with van der Waals surface area (Å²) in [5.41, 5.74) is 0. The summed E-state index contributed by atoms with van der Waals surface area (Å²) in [7, 11) is 0. The van der Waals surface area contributed by atoms with Crippen molar-refractivity contribution < 1.29 is 9.53 Å². The largest absolute Gasteiger partial charge is 0.379 e. The SMILES string of the molecule is CSC(=O)NCCCCCCOC(C)C. The van der Waals surface area contributed by atoms with Crippen molar-refractivity contribution in [2.24, 2.45) is 0 Å². The van der Waals surface area contributed by atoms with E-state index in [9.17, 15) is 4.79 Å². The number of ether oxygens (including phenoxy) is 1. The van der Waals surface area contributed by atoms with Crippen LogP contribution in [0, 0.1) is 0 Å². The molecule has 0 aromatic rings. The number of hydrogen-bond donors (Lipinski definition) is 1. The first-order valence-corrected chi connectivity index (χ1v) is 6.82. The minimum absolute atomic E-state index is 0.0677. The highest BCUT2D eigenvalue weighted by Crippen LogP contribution is 2.01. The predicted molar refractivity (Wildman–Crippen MR) is 66.5 cm³/mol. The van der Waals surface area contributed by atoms with Crippen molar-refractivity contribution in [3.8, 4) is 0 Å². The van der Waals surface area contributed by atoms with Crippen molar-refractivity contribution in [1.82, 2.24) is 5.32 Å². The number of rotatable bonds is 8. The maximum Gasteiger partial charge on any atom is 0.278 e. The molecular formula is C11H23NO2S. The van der Waals surface area contributed by atoms with E-state index in [4.69, 9.17) is 4.74 Å². The van der Waals surface area contributed by atoms with Crippen LogP contribution in [0.25, 0.3) is 0 Å². The van der Waals surface area contributed by atoms with Gasteiger partial charge in [-0.15, -0.1) is 0 Å². The van der Waals surface area contributed by atoms with E-state index in [1.54, 1.807) is 6.26 Å². The van der Waals surface area contributed by atoms with Crippen LogP contribution in [0.3, 0.4) is 0 Å². The fourth-order valence-electron chi connectivity index (χ4n) is 1.16. The van der Waals surface area contributed by atoms with E-state index in [-0.39, 0.29) is 5.24 Å². The maximum absolute atomic E-state index is 10.9. The van der Waals surface area contributed by atoms with E-state index < -0.39 is 0 Å². The third-order valence-corrected chi connectivity index (χ3v) is 2.49. The maximum atomic E-state index is 10.9. The zero-order chi connectivity index (χ0) is 11.5. The van der Waals surface area contributed by atoms with Gasteiger partial charge in [0.2, 0.25) is 0 Å². The average Bonchev–Trinajstić information content (AvgIpc) is 2.21. The van der Waals surface area contributed by atoms with Crippen LogP contribution in [0.4, 0.5) is 4.79 Å². The van der Waals surface area contributed by atoms with E-state index >= 15 is 0 Å². The Morgan fingerprint density at radius 1 is 1.27 bits per heavy atom. The monoisotopic (exact) mass is 233 g/mol. The van der Waals surface area contributed by atoms with Crippen molar-refractivity contribution in [3.05, 3.63) is 0 Å². The normalized spacial score (nSPS) is 10.7. The van der Waals surface area contributed by atoms with Crippen LogP contribution in [0.15, 0.2) is 0 Å². The summed E-state index contributed by atoms with van der Waals surface area (Å²) >= 11 is 1.23. The minimum atomic E-state index is 0.0677. The molecule has 0 radical (unpaired) electrons. The number of nitrogens with one attached hydrogen (secondary N) is 1. The molecule has 0 saturated heterocycles. The second-order valence-corrected chi connectivity index (χ2v) is 4.53. The summed E-state index contributed by atoms with van der Waals surface area (Å²) in [6.07, 6.45) is 6.66. The Bertz CT molecular complexity index is 163. The standard InChI is InChI=1S/C11H23NO2S/c1-10(2)14-9-7-5-4-6-8-12-11(13)15-3/h10H,4-9H2,1-3H3,(H,12,13). The van der Waals surface area contributed by atoms with Gasteiger partial charge in [0.1, 0.15) is 0 Å². The molecule has 0 spiro atoms. The molecule has 0 heterocycles. The molecule has 0 aliphatic heterocycles. The summed E-state index contributed by atoms with van der Waals surface area (Å²) in [6.45, 7) is 5.76. The van der Waals surface area contributed by atoms with Crippen molar-refractivity contribution >= 4 is 17.0 Å². The Balaban J connectivity index is 3.02. The minimum Gasteiger partial charge on any atom is -0.379 e. The Kier molecular flexibility index (Phi) is 10.2.